The second-order valence-electron chi connectivity index (χ2n) is 3.99. The predicted molar refractivity (Wildman–Crippen MR) is 72.2 cm³/mol. The summed E-state index contributed by atoms with van der Waals surface area (Å²) in [6.45, 7) is 0.429. The van der Waals surface area contributed by atoms with Gasteiger partial charge in [0, 0.05) is 24.0 Å². The molecule has 7 heteroatoms. The van der Waals surface area contributed by atoms with Gasteiger partial charge in [-0.05, 0) is 28.1 Å². The summed E-state index contributed by atoms with van der Waals surface area (Å²) in [7, 11) is -3.30. The zero-order valence-electron chi connectivity index (χ0n) is 9.60. The van der Waals surface area contributed by atoms with Gasteiger partial charge in [0.1, 0.15) is 0 Å². The number of carbonyl (C=O) groups is 1. The molecule has 2 rings (SSSR count). The molecule has 1 heterocycles. The standard InChI is InChI=1S/C11H13BrN2O3S/c12-8-2-1-3-9-11(8)14(10(15)4-5-13)6-7-18(9,16)17/h1-3H,4-7,13H2. The van der Waals surface area contributed by atoms with E-state index in [0.29, 0.717) is 10.2 Å². The summed E-state index contributed by atoms with van der Waals surface area (Å²) in [6.07, 6.45) is 0.209. The minimum Gasteiger partial charge on any atom is -0.330 e. The molecule has 1 aliphatic rings. The monoisotopic (exact) mass is 332 g/mol. The topological polar surface area (TPSA) is 80.5 Å². The van der Waals surface area contributed by atoms with Gasteiger partial charge in [0.15, 0.2) is 9.84 Å². The fourth-order valence-corrected chi connectivity index (χ4v) is 4.10. The van der Waals surface area contributed by atoms with E-state index in [1.54, 1.807) is 12.1 Å². The Bertz CT molecular complexity index is 586. The van der Waals surface area contributed by atoms with Gasteiger partial charge in [-0.2, -0.15) is 0 Å². The van der Waals surface area contributed by atoms with Crippen molar-refractivity contribution in [3.05, 3.63) is 22.7 Å². The van der Waals surface area contributed by atoms with Crippen molar-refractivity contribution >= 4 is 37.4 Å². The first kappa shape index (κ1) is 13.5. The van der Waals surface area contributed by atoms with Crippen LogP contribution in [-0.2, 0) is 14.6 Å². The molecular formula is C11H13BrN2O3S. The third-order valence-electron chi connectivity index (χ3n) is 2.80. The highest BCUT2D eigenvalue weighted by Gasteiger charge is 2.32. The number of nitrogens with zero attached hydrogens (tertiary/aromatic N) is 1. The Morgan fingerprint density at radius 3 is 2.83 bits per heavy atom. The molecule has 1 aromatic rings. The highest BCUT2D eigenvalue weighted by Crippen LogP contribution is 2.37. The second kappa shape index (κ2) is 4.99. The number of hydrogen-bond acceptors (Lipinski definition) is 4. The molecule has 5 nitrogen and oxygen atoms in total. The second-order valence-corrected chi connectivity index (χ2v) is 6.92. The number of sulfone groups is 1. The Balaban J connectivity index is 2.55. The summed E-state index contributed by atoms with van der Waals surface area (Å²) in [5, 5.41) is 0. The Labute approximate surface area is 114 Å². The summed E-state index contributed by atoms with van der Waals surface area (Å²) < 4.78 is 24.5. The minimum absolute atomic E-state index is 0.0488. The molecule has 18 heavy (non-hydrogen) atoms. The molecule has 0 bridgehead atoms. The number of amides is 1. The highest BCUT2D eigenvalue weighted by atomic mass is 79.9. The van der Waals surface area contributed by atoms with Crippen molar-refractivity contribution in [3.8, 4) is 0 Å². The molecule has 0 radical (unpaired) electrons. The fraction of sp³-hybridized carbons (Fsp3) is 0.364. The van der Waals surface area contributed by atoms with Gasteiger partial charge < -0.3 is 10.6 Å². The van der Waals surface area contributed by atoms with Gasteiger partial charge in [-0.15, -0.1) is 0 Å². The molecule has 1 aromatic carbocycles. The third-order valence-corrected chi connectivity index (χ3v) is 5.16. The van der Waals surface area contributed by atoms with Crippen LogP contribution < -0.4 is 10.6 Å². The fourth-order valence-electron chi connectivity index (χ4n) is 1.95. The first-order valence-corrected chi connectivity index (χ1v) is 7.93. The number of para-hydroxylation sites is 1. The number of benzene rings is 1. The molecule has 0 saturated heterocycles. The molecule has 1 amide bonds. The van der Waals surface area contributed by atoms with Crippen molar-refractivity contribution < 1.29 is 13.2 Å². The minimum atomic E-state index is -3.30. The molecule has 98 valence electrons. The van der Waals surface area contributed by atoms with Crippen molar-refractivity contribution in [1.29, 1.82) is 0 Å². The van der Waals surface area contributed by atoms with Gasteiger partial charge in [0.2, 0.25) is 5.91 Å². The van der Waals surface area contributed by atoms with E-state index in [0.717, 1.165) is 0 Å². The zero-order valence-corrected chi connectivity index (χ0v) is 12.0. The average molecular weight is 333 g/mol. The van der Waals surface area contributed by atoms with Gasteiger partial charge in [0.05, 0.1) is 16.3 Å². The highest BCUT2D eigenvalue weighted by molar-refractivity contribution is 9.10. The van der Waals surface area contributed by atoms with Crippen LogP contribution in [-0.4, -0.2) is 33.2 Å². The molecule has 0 unspecified atom stereocenters. The smallest absolute Gasteiger partial charge is 0.228 e. The first-order chi connectivity index (χ1) is 8.47. The Kier molecular flexibility index (Phi) is 3.74. The van der Waals surface area contributed by atoms with Crippen molar-refractivity contribution in [3.63, 3.8) is 0 Å². The van der Waals surface area contributed by atoms with E-state index in [9.17, 15) is 13.2 Å². The molecule has 0 atom stereocenters. The summed E-state index contributed by atoms with van der Waals surface area (Å²) in [5.74, 6) is -0.201. The molecule has 1 aliphatic heterocycles. The first-order valence-electron chi connectivity index (χ1n) is 5.49. The van der Waals surface area contributed by atoms with Crippen LogP contribution in [0.1, 0.15) is 6.42 Å². The summed E-state index contributed by atoms with van der Waals surface area (Å²) >= 11 is 3.30. The van der Waals surface area contributed by atoms with E-state index < -0.39 is 9.84 Å². The largest absolute Gasteiger partial charge is 0.330 e. The van der Waals surface area contributed by atoms with E-state index in [1.807, 2.05) is 0 Å². The summed E-state index contributed by atoms with van der Waals surface area (Å²) in [6, 6.07) is 4.90. The lowest BCUT2D eigenvalue weighted by atomic mass is 10.2. The number of nitrogens with two attached hydrogens (primary N) is 1. The van der Waals surface area contributed by atoms with E-state index in [2.05, 4.69) is 15.9 Å². The van der Waals surface area contributed by atoms with Crippen molar-refractivity contribution in [2.45, 2.75) is 11.3 Å². The van der Waals surface area contributed by atoms with Crippen LogP contribution in [0, 0.1) is 0 Å². The molecule has 0 spiro atoms. The predicted octanol–water partition coefficient (Wildman–Crippen LogP) is 0.918. The lowest BCUT2D eigenvalue weighted by Gasteiger charge is -2.30. The molecule has 0 aromatic heterocycles. The quantitative estimate of drug-likeness (QED) is 0.873. The van der Waals surface area contributed by atoms with Crippen LogP contribution in [0.5, 0.6) is 0 Å². The number of halogens is 1. The zero-order chi connectivity index (χ0) is 13.3. The lowest BCUT2D eigenvalue weighted by molar-refractivity contribution is -0.118. The van der Waals surface area contributed by atoms with Crippen molar-refractivity contribution in [1.82, 2.24) is 0 Å². The Morgan fingerprint density at radius 2 is 2.17 bits per heavy atom. The average Bonchev–Trinajstić information content (AvgIpc) is 2.30. The summed E-state index contributed by atoms with van der Waals surface area (Å²) in [4.78, 5) is 13.7. The molecule has 0 saturated carbocycles. The number of fused-ring (bicyclic) bond motifs is 1. The van der Waals surface area contributed by atoms with Gasteiger partial charge in [-0.1, -0.05) is 6.07 Å². The molecular weight excluding hydrogens is 320 g/mol. The van der Waals surface area contributed by atoms with Crippen LogP contribution in [0.2, 0.25) is 0 Å². The van der Waals surface area contributed by atoms with Gasteiger partial charge >= 0.3 is 0 Å². The Hall–Kier alpha value is -0.920. The van der Waals surface area contributed by atoms with E-state index in [1.165, 1.54) is 11.0 Å². The van der Waals surface area contributed by atoms with Crippen molar-refractivity contribution in [2.75, 3.05) is 23.7 Å². The maximum atomic E-state index is 12.0. The van der Waals surface area contributed by atoms with Crippen LogP contribution in [0.4, 0.5) is 5.69 Å². The normalized spacial score (nSPS) is 17.3. The van der Waals surface area contributed by atoms with Crippen LogP contribution >= 0.6 is 15.9 Å². The van der Waals surface area contributed by atoms with Gasteiger partial charge in [-0.25, -0.2) is 8.42 Å². The van der Waals surface area contributed by atoms with E-state index >= 15 is 0 Å². The maximum Gasteiger partial charge on any atom is 0.228 e. The van der Waals surface area contributed by atoms with E-state index in [4.69, 9.17) is 5.73 Å². The van der Waals surface area contributed by atoms with Crippen LogP contribution in [0.15, 0.2) is 27.6 Å². The maximum absolute atomic E-state index is 12.0. The lowest BCUT2D eigenvalue weighted by Crippen LogP contribution is -2.40. The van der Waals surface area contributed by atoms with Crippen molar-refractivity contribution in [2.24, 2.45) is 5.73 Å². The van der Waals surface area contributed by atoms with Crippen LogP contribution in [0.25, 0.3) is 0 Å². The Morgan fingerprint density at radius 1 is 1.44 bits per heavy atom. The summed E-state index contributed by atoms with van der Waals surface area (Å²) in [5.41, 5.74) is 5.80. The number of anilines is 1. The van der Waals surface area contributed by atoms with Gasteiger partial charge in [0.25, 0.3) is 0 Å². The molecule has 0 fully saturated rings. The van der Waals surface area contributed by atoms with Gasteiger partial charge in [-0.3, -0.25) is 4.79 Å². The van der Waals surface area contributed by atoms with E-state index in [-0.39, 0.29) is 36.1 Å². The number of rotatable bonds is 2. The number of hydrogen-bond donors (Lipinski definition) is 1. The molecule has 0 aliphatic carbocycles. The third kappa shape index (κ3) is 2.30. The SMILES string of the molecule is NCCC(=O)N1CCS(=O)(=O)c2cccc(Br)c21. The number of carbonyl (C=O) groups excluding carboxylic acids is 1. The van der Waals surface area contributed by atoms with Crippen LogP contribution in [0.3, 0.4) is 0 Å². The molecule has 2 N–H and O–H groups in total.